The maximum absolute atomic E-state index is 5.98. The zero-order valence-corrected chi connectivity index (χ0v) is 9.95. The fourth-order valence-corrected chi connectivity index (χ4v) is 2.81. The number of fused-ring (bicyclic) bond motifs is 7. The number of pyridine rings is 1. The summed E-state index contributed by atoms with van der Waals surface area (Å²) in [6.07, 6.45) is 3.60. The Bertz CT molecular complexity index is 951. The third-order valence-corrected chi connectivity index (χ3v) is 3.62. The van der Waals surface area contributed by atoms with E-state index in [4.69, 9.17) is 4.42 Å². The number of hydrogen-bond acceptors (Lipinski definition) is 3. The monoisotopic (exact) mass is 249 g/mol. The van der Waals surface area contributed by atoms with Gasteiger partial charge in [0, 0.05) is 12.3 Å². The molecular weight excluding hydrogens is 240 g/mol. The Kier molecular flexibility index (Phi) is 1.46. The van der Waals surface area contributed by atoms with Gasteiger partial charge in [0.15, 0.2) is 5.52 Å². The molecule has 19 heavy (non-hydrogen) atoms. The predicted molar refractivity (Wildman–Crippen MR) is 67.5 cm³/mol. The highest BCUT2D eigenvalue weighted by molar-refractivity contribution is 5.78. The van der Waals surface area contributed by atoms with Crippen LogP contribution in [0.4, 0.5) is 0 Å². The second-order valence-electron chi connectivity index (χ2n) is 4.68. The molecule has 5 heteroatoms. The molecule has 90 valence electrons. The van der Waals surface area contributed by atoms with Crippen molar-refractivity contribution in [3.05, 3.63) is 48.4 Å². The summed E-state index contributed by atoms with van der Waals surface area (Å²) in [7, 11) is 0. The second kappa shape index (κ2) is 3.00. The summed E-state index contributed by atoms with van der Waals surface area (Å²) in [5.41, 5.74) is 5.01. The van der Waals surface area contributed by atoms with Crippen LogP contribution in [0.3, 0.4) is 0 Å². The van der Waals surface area contributed by atoms with Gasteiger partial charge in [0.2, 0.25) is 5.58 Å². The molecule has 0 saturated carbocycles. The van der Waals surface area contributed by atoms with Gasteiger partial charge in [-0.1, -0.05) is 9.61 Å². The van der Waals surface area contributed by atoms with Gasteiger partial charge in [-0.15, -0.1) is 0 Å². The first-order chi connectivity index (χ1) is 9.42. The number of nitrogens with zero attached hydrogens (tertiary/aromatic N) is 4. The van der Waals surface area contributed by atoms with Crippen LogP contribution in [0.2, 0.25) is 0 Å². The normalized spacial score (nSPS) is 13.1. The van der Waals surface area contributed by atoms with E-state index in [1.54, 1.807) is 6.20 Å². The third kappa shape index (κ3) is 1.03. The smallest absolute Gasteiger partial charge is 0.354 e. The van der Waals surface area contributed by atoms with E-state index in [0.717, 1.165) is 40.4 Å². The van der Waals surface area contributed by atoms with Crippen molar-refractivity contribution in [3.8, 4) is 11.5 Å². The van der Waals surface area contributed by atoms with Crippen molar-refractivity contribution in [1.82, 2.24) is 14.6 Å². The first-order valence-corrected chi connectivity index (χ1v) is 6.15. The molecule has 0 atom stereocenters. The topological polar surface area (TPSA) is 47.2 Å². The number of oxazole rings is 1. The lowest BCUT2D eigenvalue weighted by Gasteiger charge is -1.90. The van der Waals surface area contributed by atoms with Crippen molar-refractivity contribution >= 4 is 16.7 Å². The molecule has 0 N–H and O–H groups in total. The van der Waals surface area contributed by atoms with Gasteiger partial charge in [0.05, 0.1) is 17.5 Å². The van der Waals surface area contributed by atoms with E-state index < -0.39 is 0 Å². The Labute approximate surface area is 107 Å². The van der Waals surface area contributed by atoms with Crippen molar-refractivity contribution in [2.45, 2.75) is 6.54 Å². The summed E-state index contributed by atoms with van der Waals surface area (Å²) >= 11 is 0. The molecule has 4 aromatic heterocycles. The zero-order chi connectivity index (χ0) is 12.4. The Morgan fingerprint density at radius 3 is 3.16 bits per heavy atom. The molecule has 5 nitrogen and oxygen atoms in total. The minimum absolute atomic E-state index is 0.737. The summed E-state index contributed by atoms with van der Waals surface area (Å²) < 4.78 is 10.0. The van der Waals surface area contributed by atoms with Crippen LogP contribution >= 0.6 is 0 Å². The van der Waals surface area contributed by atoms with Crippen molar-refractivity contribution in [3.63, 3.8) is 0 Å². The van der Waals surface area contributed by atoms with Crippen molar-refractivity contribution in [2.24, 2.45) is 0 Å². The maximum atomic E-state index is 5.98. The van der Waals surface area contributed by atoms with Gasteiger partial charge < -0.3 is 4.42 Å². The summed E-state index contributed by atoms with van der Waals surface area (Å²) in [6.45, 7) is 0.737. The summed E-state index contributed by atoms with van der Waals surface area (Å²) in [5, 5.41) is 4.40. The second-order valence-corrected chi connectivity index (χ2v) is 4.68. The minimum atomic E-state index is 0.737. The van der Waals surface area contributed by atoms with Crippen LogP contribution in [0.5, 0.6) is 0 Å². The number of aromatic nitrogens is 4. The average Bonchev–Trinajstić information content (AvgIpc) is 3.05. The average molecular weight is 249 g/mol. The van der Waals surface area contributed by atoms with E-state index in [9.17, 15) is 0 Å². The van der Waals surface area contributed by atoms with Gasteiger partial charge in [-0.25, -0.2) is 0 Å². The molecule has 1 aliphatic rings. The zero-order valence-electron chi connectivity index (χ0n) is 9.95. The van der Waals surface area contributed by atoms with Crippen molar-refractivity contribution in [2.75, 3.05) is 0 Å². The molecule has 0 bridgehead atoms. The summed E-state index contributed by atoms with van der Waals surface area (Å²) in [4.78, 5) is 4.41. The molecule has 0 spiro atoms. The highest BCUT2D eigenvalue weighted by atomic mass is 16.4. The molecule has 0 fully saturated rings. The van der Waals surface area contributed by atoms with E-state index in [0.29, 0.717) is 0 Å². The highest BCUT2D eigenvalue weighted by Gasteiger charge is 2.33. The van der Waals surface area contributed by atoms with Gasteiger partial charge in [-0.2, -0.15) is 4.57 Å². The van der Waals surface area contributed by atoms with Gasteiger partial charge in [-0.05, 0) is 24.3 Å². The molecule has 0 amide bonds. The minimum Gasteiger partial charge on any atom is -0.413 e. The summed E-state index contributed by atoms with van der Waals surface area (Å²) in [6, 6.07) is 9.95. The molecular formula is C14H9N4O+. The molecule has 0 aliphatic carbocycles. The molecule has 5 heterocycles. The van der Waals surface area contributed by atoms with Crippen LogP contribution < -0.4 is 4.57 Å². The van der Waals surface area contributed by atoms with Gasteiger partial charge in [0.1, 0.15) is 6.54 Å². The van der Waals surface area contributed by atoms with Crippen molar-refractivity contribution < 1.29 is 8.98 Å². The lowest BCUT2D eigenvalue weighted by Crippen LogP contribution is -2.32. The Morgan fingerprint density at radius 1 is 1.21 bits per heavy atom. The molecule has 0 aromatic carbocycles. The fourth-order valence-electron chi connectivity index (χ4n) is 2.81. The van der Waals surface area contributed by atoms with E-state index in [1.807, 2.05) is 41.0 Å². The molecule has 0 saturated heterocycles. The first kappa shape index (κ1) is 9.27. The summed E-state index contributed by atoms with van der Waals surface area (Å²) in [5.74, 6) is 0.869. The van der Waals surface area contributed by atoms with Gasteiger partial charge >= 0.3 is 5.65 Å². The van der Waals surface area contributed by atoms with Crippen molar-refractivity contribution in [1.29, 1.82) is 0 Å². The van der Waals surface area contributed by atoms with E-state index in [-0.39, 0.29) is 0 Å². The van der Waals surface area contributed by atoms with Crippen LogP contribution in [0.1, 0.15) is 5.69 Å². The van der Waals surface area contributed by atoms with E-state index in [2.05, 4.69) is 14.6 Å². The first-order valence-electron chi connectivity index (χ1n) is 6.15. The SMILES string of the molecule is c1cnc2c(c1)-c1oc3cc4cccnn4c3[n+]1C2. The van der Waals surface area contributed by atoms with Crippen LogP contribution in [0, 0.1) is 0 Å². The maximum Gasteiger partial charge on any atom is 0.354 e. The van der Waals surface area contributed by atoms with Gasteiger partial charge in [0.25, 0.3) is 5.89 Å². The van der Waals surface area contributed by atoms with E-state index >= 15 is 0 Å². The largest absolute Gasteiger partial charge is 0.413 e. The lowest BCUT2D eigenvalue weighted by atomic mass is 10.2. The fraction of sp³-hybridized carbons (Fsp3) is 0.0714. The molecule has 5 rings (SSSR count). The quantitative estimate of drug-likeness (QED) is 0.393. The van der Waals surface area contributed by atoms with Crippen LogP contribution in [-0.2, 0) is 6.54 Å². The Morgan fingerprint density at radius 2 is 2.16 bits per heavy atom. The number of hydrogen-bond donors (Lipinski definition) is 0. The standard InChI is InChI=1S/C14H9N4O/c1-3-9-7-12-13(18(9)16-6-1)17-8-11-10(14(17)19-12)4-2-5-15-11/h1-7H,8H2/q+1. The van der Waals surface area contributed by atoms with Gasteiger partial charge in [-0.3, -0.25) is 4.98 Å². The molecule has 0 unspecified atom stereocenters. The molecule has 0 radical (unpaired) electrons. The Hall–Kier alpha value is -2.69. The number of rotatable bonds is 0. The third-order valence-electron chi connectivity index (χ3n) is 3.62. The molecule has 1 aliphatic heterocycles. The van der Waals surface area contributed by atoms with Crippen LogP contribution in [-0.4, -0.2) is 14.6 Å². The molecule has 4 aromatic rings. The lowest BCUT2D eigenvalue weighted by molar-refractivity contribution is -0.652. The Balaban J connectivity index is 1.94. The van der Waals surface area contributed by atoms with Crippen LogP contribution in [0.15, 0.2) is 47.1 Å². The van der Waals surface area contributed by atoms with Crippen LogP contribution in [0.25, 0.3) is 28.2 Å². The highest BCUT2D eigenvalue weighted by Crippen LogP contribution is 2.30. The predicted octanol–water partition coefficient (Wildman–Crippen LogP) is 1.79. The van der Waals surface area contributed by atoms with E-state index in [1.165, 1.54) is 0 Å².